The highest BCUT2D eigenvalue weighted by Gasteiger charge is 2.20. The minimum Gasteiger partial charge on any atom is -0.496 e. The molecule has 0 spiro atoms. The summed E-state index contributed by atoms with van der Waals surface area (Å²) in [6, 6.07) is 10.9. The van der Waals surface area contributed by atoms with Gasteiger partial charge in [-0.25, -0.2) is 8.42 Å². The summed E-state index contributed by atoms with van der Waals surface area (Å²) in [4.78, 5) is 11.3. The molecule has 0 unspecified atom stereocenters. The molecule has 116 valence electrons. The second kappa shape index (κ2) is 6.37. The van der Waals surface area contributed by atoms with Gasteiger partial charge in [0.15, 0.2) is 9.84 Å². The molecule has 0 aromatic heterocycles. The Morgan fingerprint density at radius 2 is 1.82 bits per heavy atom. The zero-order valence-electron chi connectivity index (χ0n) is 11.8. The van der Waals surface area contributed by atoms with Crippen LogP contribution in [0.1, 0.15) is 0 Å². The van der Waals surface area contributed by atoms with Crippen LogP contribution in [0.3, 0.4) is 0 Å². The zero-order chi connectivity index (χ0) is 16.3. The van der Waals surface area contributed by atoms with Crippen LogP contribution >= 0.6 is 11.8 Å². The number of rotatable bonds is 5. The number of hydrogen-bond acceptors (Lipinski definition) is 6. The highest BCUT2D eigenvalue weighted by atomic mass is 32.2. The van der Waals surface area contributed by atoms with E-state index < -0.39 is 14.8 Å². The van der Waals surface area contributed by atoms with Crippen LogP contribution in [0.15, 0.2) is 57.2 Å². The molecule has 22 heavy (non-hydrogen) atoms. The third kappa shape index (κ3) is 3.58. The number of nitro groups is 1. The van der Waals surface area contributed by atoms with Crippen LogP contribution in [-0.4, -0.2) is 26.7 Å². The highest BCUT2D eigenvalue weighted by Crippen LogP contribution is 2.38. The lowest BCUT2D eigenvalue weighted by molar-refractivity contribution is -0.385. The molecule has 0 saturated heterocycles. The Morgan fingerprint density at radius 1 is 1.14 bits per heavy atom. The van der Waals surface area contributed by atoms with Crippen molar-refractivity contribution >= 4 is 27.3 Å². The smallest absolute Gasteiger partial charge is 0.270 e. The predicted octanol–water partition coefficient (Wildman–Crippen LogP) is 3.16. The van der Waals surface area contributed by atoms with E-state index in [1.54, 1.807) is 24.3 Å². The lowest BCUT2D eigenvalue weighted by Gasteiger charge is -2.10. The quantitative estimate of drug-likeness (QED) is 0.614. The predicted molar refractivity (Wildman–Crippen MR) is 83.3 cm³/mol. The second-order valence-electron chi connectivity index (χ2n) is 4.41. The number of methoxy groups -OCH3 is 1. The number of para-hydroxylation sites is 1. The Bertz CT molecular complexity index is 818. The third-order valence-corrected chi connectivity index (χ3v) is 5.23. The van der Waals surface area contributed by atoms with Gasteiger partial charge in [-0.3, -0.25) is 10.1 Å². The molecule has 0 atom stereocenters. The topological polar surface area (TPSA) is 86.5 Å². The van der Waals surface area contributed by atoms with Gasteiger partial charge in [0.2, 0.25) is 0 Å². The van der Waals surface area contributed by atoms with Crippen molar-refractivity contribution in [2.24, 2.45) is 0 Å². The summed E-state index contributed by atoms with van der Waals surface area (Å²) in [7, 11) is -2.07. The first-order chi connectivity index (χ1) is 10.3. The summed E-state index contributed by atoms with van der Waals surface area (Å²) >= 11 is 1.19. The molecular formula is C14H13NO5S2. The van der Waals surface area contributed by atoms with Crippen molar-refractivity contribution in [3.8, 4) is 5.75 Å². The Morgan fingerprint density at radius 3 is 2.41 bits per heavy atom. The van der Waals surface area contributed by atoms with Gasteiger partial charge in [-0.2, -0.15) is 0 Å². The van der Waals surface area contributed by atoms with Crippen LogP contribution in [-0.2, 0) is 9.84 Å². The maximum absolute atomic E-state index is 11.9. The average Bonchev–Trinajstić information content (AvgIpc) is 2.47. The number of nitro benzene ring substituents is 1. The van der Waals surface area contributed by atoms with Crippen molar-refractivity contribution < 1.29 is 18.1 Å². The Labute approximate surface area is 132 Å². The van der Waals surface area contributed by atoms with E-state index in [2.05, 4.69) is 0 Å². The molecular weight excluding hydrogens is 326 g/mol. The van der Waals surface area contributed by atoms with E-state index in [4.69, 9.17) is 4.74 Å². The van der Waals surface area contributed by atoms with E-state index in [0.717, 1.165) is 17.2 Å². The summed E-state index contributed by atoms with van der Waals surface area (Å²) in [5.74, 6) is 0.602. The summed E-state index contributed by atoms with van der Waals surface area (Å²) < 4.78 is 29.0. The Kier molecular flexibility index (Phi) is 4.72. The van der Waals surface area contributed by atoms with Crippen LogP contribution in [0.2, 0.25) is 0 Å². The lowest BCUT2D eigenvalue weighted by atomic mass is 10.3. The van der Waals surface area contributed by atoms with Crippen LogP contribution in [0.4, 0.5) is 5.69 Å². The lowest BCUT2D eigenvalue weighted by Crippen LogP contribution is -2.01. The minimum atomic E-state index is -3.60. The Hall–Kier alpha value is -2.06. The molecule has 0 fully saturated rings. The van der Waals surface area contributed by atoms with Crippen LogP contribution in [0.5, 0.6) is 5.75 Å². The van der Waals surface area contributed by atoms with Crippen LogP contribution in [0.25, 0.3) is 0 Å². The normalized spacial score (nSPS) is 11.2. The average molecular weight is 339 g/mol. The summed E-state index contributed by atoms with van der Waals surface area (Å²) in [5.41, 5.74) is -0.259. The standard InChI is InChI=1S/C14H13NO5S2/c1-20-11-5-3-4-6-12(11)21-13-8-7-10(15(16)17)9-14(13)22(2,18)19/h3-9H,1-2H3. The molecule has 2 aromatic carbocycles. The monoisotopic (exact) mass is 339 g/mol. The van der Waals surface area contributed by atoms with Crippen molar-refractivity contribution in [3.05, 3.63) is 52.6 Å². The first kappa shape index (κ1) is 16.3. The minimum absolute atomic E-state index is 0.0717. The molecule has 0 amide bonds. The molecule has 6 nitrogen and oxygen atoms in total. The largest absolute Gasteiger partial charge is 0.496 e. The SMILES string of the molecule is COc1ccccc1Sc1ccc([N+](=O)[O-])cc1S(C)(=O)=O. The van der Waals surface area contributed by atoms with E-state index in [1.807, 2.05) is 0 Å². The third-order valence-electron chi connectivity index (χ3n) is 2.83. The number of non-ortho nitro benzene ring substituents is 1. The number of benzene rings is 2. The van der Waals surface area contributed by atoms with Crippen molar-refractivity contribution in [1.82, 2.24) is 0 Å². The van der Waals surface area contributed by atoms with Gasteiger partial charge in [-0.1, -0.05) is 23.9 Å². The summed E-state index contributed by atoms with van der Waals surface area (Å²) in [6.45, 7) is 0. The second-order valence-corrected chi connectivity index (χ2v) is 7.48. The molecule has 0 heterocycles. The van der Waals surface area contributed by atoms with Gasteiger partial charge < -0.3 is 4.74 Å². The molecule has 0 aliphatic rings. The van der Waals surface area contributed by atoms with Gasteiger partial charge in [0.05, 0.1) is 21.8 Å². The zero-order valence-corrected chi connectivity index (χ0v) is 13.5. The molecule has 0 radical (unpaired) electrons. The van der Waals surface area contributed by atoms with Crippen molar-refractivity contribution in [3.63, 3.8) is 0 Å². The van der Waals surface area contributed by atoms with E-state index in [1.165, 1.54) is 31.0 Å². The van der Waals surface area contributed by atoms with Gasteiger partial charge >= 0.3 is 0 Å². The van der Waals surface area contributed by atoms with E-state index in [-0.39, 0.29) is 10.6 Å². The van der Waals surface area contributed by atoms with Gasteiger partial charge in [0, 0.05) is 23.3 Å². The van der Waals surface area contributed by atoms with Gasteiger partial charge in [-0.05, 0) is 18.2 Å². The molecule has 0 bridgehead atoms. The number of nitrogens with zero attached hydrogens (tertiary/aromatic N) is 1. The maximum atomic E-state index is 11.9. The summed E-state index contributed by atoms with van der Waals surface area (Å²) in [6.07, 6.45) is 1.03. The van der Waals surface area contributed by atoms with Crippen LogP contribution < -0.4 is 4.74 Å². The molecule has 8 heteroatoms. The maximum Gasteiger partial charge on any atom is 0.270 e. The fourth-order valence-corrected chi connectivity index (χ4v) is 4.08. The van der Waals surface area contributed by atoms with E-state index in [0.29, 0.717) is 10.6 Å². The fraction of sp³-hybridized carbons (Fsp3) is 0.143. The molecule has 2 rings (SSSR count). The van der Waals surface area contributed by atoms with Gasteiger partial charge in [0.25, 0.3) is 5.69 Å². The molecule has 0 saturated carbocycles. The molecule has 0 aliphatic carbocycles. The summed E-state index contributed by atoms with van der Waals surface area (Å²) in [5, 5.41) is 10.8. The molecule has 0 aliphatic heterocycles. The van der Waals surface area contributed by atoms with Crippen LogP contribution in [0, 0.1) is 10.1 Å². The van der Waals surface area contributed by atoms with Crippen molar-refractivity contribution in [2.75, 3.05) is 13.4 Å². The Balaban J connectivity index is 2.53. The number of sulfone groups is 1. The number of hydrogen-bond donors (Lipinski definition) is 0. The highest BCUT2D eigenvalue weighted by molar-refractivity contribution is 8.00. The number of ether oxygens (including phenoxy) is 1. The first-order valence-electron chi connectivity index (χ1n) is 6.12. The molecule has 0 N–H and O–H groups in total. The van der Waals surface area contributed by atoms with Crippen molar-refractivity contribution in [2.45, 2.75) is 14.7 Å². The van der Waals surface area contributed by atoms with E-state index in [9.17, 15) is 18.5 Å². The van der Waals surface area contributed by atoms with E-state index >= 15 is 0 Å². The molecule has 2 aromatic rings. The fourth-order valence-electron chi connectivity index (χ4n) is 1.81. The van der Waals surface area contributed by atoms with Gasteiger partial charge in [0.1, 0.15) is 5.75 Å². The van der Waals surface area contributed by atoms with Crippen molar-refractivity contribution in [1.29, 1.82) is 0 Å². The first-order valence-corrected chi connectivity index (χ1v) is 8.83. The van der Waals surface area contributed by atoms with Gasteiger partial charge in [-0.15, -0.1) is 0 Å².